The van der Waals surface area contributed by atoms with Crippen LogP contribution in [0.2, 0.25) is 0 Å². The van der Waals surface area contributed by atoms with E-state index in [9.17, 15) is 13.2 Å². The lowest BCUT2D eigenvalue weighted by Gasteiger charge is -2.11. The number of H-pyrrole nitrogens is 1. The van der Waals surface area contributed by atoms with Gasteiger partial charge in [-0.05, 0) is 37.6 Å². The number of benzene rings is 1. The van der Waals surface area contributed by atoms with Gasteiger partial charge < -0.3 is 10.3 Å². The van der Waals surface area contributed by atoms with Crippen molar-refractivity contribution >= 4 is 26.8 Å². The van der Waals surface area contributed by atoms with Gasteiger partial charge in [-0.2, -0.15) is 0 Å². The van der Waals surface area contributed by atoms with E-state index in [0.717, 1.165) is 26.5 Å². The topological polar surface area (TPSA) is 82.3 Å². The largest absolute Gasteiger partial charge is 0.358 e. The second-order valence-electron chi connectivity index (χ2n) is 5.49. The zero-order valence-electron chi connectivity index (χ0n) is 13.2. The molecule has 0 bridgehead atoms. The van der Waals surface area contributed by atoms with Gasteiger partial charge in [0.2, 0.25) is 10.0 Å². The number of carbonyl (C=O) groups is 1. The predicted molar refractivity (Wildman–Crippen MR) is 87.6 cm³/mol. The van der Waals surface area contributed by atoms with E-state index in [2.05, 4.69) is 10.3 Å². The van der Waals surface area contributed by atoms with E-state index in [1.807, 2.05) is 26.0 Å². The molecule has 0 unspecified atom stereocenters. The fourth-order valence-corrected chi connectivity index (χ4v) is 2.91. The van der Waals surface area contributed by atoms with Crippen LogP contribution in [0.15, 0.2) is 18.2 Å². The van der Waals surface area contributed by atoms with Gasteiger partial charge in [-0.25, -0.2) is 12.7 Å². The third-order valence-corrected chi connectivity index (χ3v) is 5.61. The minimum Gasteiger partial charge on any atom is -0.358 e. The molecule has 0 aliphatic rings. The number of carbonyl (C=O) groups excluding carboxylic acids is 1. The average Bonchev–Trinajstić information content (AvgIpc) is 2.73. The summed E-state index contributed by atoms with van der Waals surface area (Å²) in [5.41, 5.74) is 3.70. The number of nitrogens with one attached hydrogen (secondary N) is 2. The fourth-order valence-electron chi connectivity index (χ4n) is 2.18. The van der Waals surface area contributed by atoms with Gasteiger partial charge in [-0.3, -0.25) is 4.79 Å². The van der Waals surface area contributed by atoms with E-state index in [1.165, 1.54) is 14.1 Å². The molecule has 0 spiro atoms. The quantitative estimate of drug-likeness (QED) is 0.873. The predicted octanol–water partition coefficient (Wildman–Crippen LogP) is 1.41. The van der Waals surface area contributed by atoms with Crippen molar-refractivity contribution in [1.29, 1.82) is 0 Å². The summed E-state index contributed by atoms with van der Waals surface area (Å²) in [4.78, 5) is 15.4. The van der Waals surface area contributed by atoms with Crippen LogP contribution in [-0.2, 0) is 10.0 Å². The van der Waals surface area contributed by atoms with Crippen molar-refractivity contribution in [3.05, 3.63) is 35.0 Å². The first kappa shape index (κ1) is 16.5. The van der Waals surface area contributed by atoms with Crippen LogP contribution in [0.1, 0.15) is 21.6 Å². The molecule has 0 fully saturated rings. The van der Waals surface area contributed by atoms with Crippen molar-refractivity contribution in [3.63, 3.8) is 0 Å². The molecule has 6 nitrogen and oxygen atoms in total. The van der Waals surface area contributed by atoms with E-state index in [4.69, 9.17) is 0 Å². The van der Waals surface area contributed by atoms with Gasteiger partial charge in [0.05, 0.1) is 5.75 Å². The monoisotopic (exact) mass is 323 g/mol. The van der Waals surface area contributed by atoms with Crippen LogP contribution in [0.3, 0.4) is 0 Å². The van der Waals surface area contributed by atoms with Gasteiger partial charge in [-0.15, -0.1) is 0 Å². The summed E-state index contributed by atoms with van der Waals surface area (Å²) in [5.74, 6) is -0.384. The van der Waals surface area contributed by atoms with Crippen LogP contribution >= 0.6 is 0 Å². The first-order chi connectivity index (χ1) is 10.2. The van der Waals surface area contributed by atoms with Crippen LogP contribution in [-0.4, -0.2) is 50.0 Å². The molecule has 1 aromatic heterocycles. The molecule has 1 amide bonds. The zero-order chi connectivity index (χ0) is 16.5. The normalized spacial score (nSPS) is 12.0. The van der Waals surface area contributed by atoms with Crippen LogP contribution in [0.25, 0.3) is 10.9 Å². The number of aromatic amines is 1. The molecule has 120 valence electrons. The summed E-state index contributed by atoms with van der Waals surface area (Å²) in [6.45, 7) is 4.07. The number of sulfonamides is 1. The summed E-state index contributed by atoms with van der Waals surface area (Å²) in [6.07, 6.45) is 0. The third kappa shape index (κ3) is 3.31. The maximum atomic E-state index is 12.1. The molecule has 0 saturated heterocycles. The molecular formula is C15H21N3O3S. The molecule has 0 radical (unpaired) electrons. The molecular weight excluding hydrogens is 302 g/mol. The Bertz CT molecular complexity index is 807. The molecule has 7 heteroatoms. The van der Waals surface area contributed by atoms with Gasteiger partial charge in [0.25, 0.3) is 5.91 Å². The van der Waals surface area contributed by atoms with Crippen molar-refractivity contribution in [1.82, 2.24) is 14.6 Å². The van der Waals surface area contributed by atoms with Crippen molar-refractivity contribution in [2.45, 2.75) is 13.8 Å². The zero-order valence-corrected chi connectivity index (χ0v) is 14.0. The Morgan fingerprint density at radius 3 is 2.59 bits per heavy atom. The summed E-state index contributed by atoms with van der Waals surface area (Å²) in [7, 11) is -0.352. The Morgan fingerprint density at radius 1 is 1.27 bits per heavy atom. The first-order valence-electron chi connectivity index (χ1n) is 6.99. The molecule has 2 aromatic rings. The van der Waals surface area contributed by atoms with Gasteiger partial charge >= 0.3 is 0 Å². The number of aromatic nitrogens is 1. The number of rotatable bonds is 5. The SMILES string of the molecule is Cc1[nH]c2ccc(C(=O)NCCS(=O)(=O)N(C)C)cc2c1C. The molecule has 2 rings (SSSR count). The standard InChI is InChI=1S/C15H21N3O3S/c1-10-11(2)17-14-6-5-12(9-13(10)14)15(19)16-7-8-22(20,21)18(3)4/h5-6,9,17H,7-8H2,1-4H3,(H,16,19). The van der Waals surface area contributed by atoms with E-state index in [-0.39, 0.29) is 18.2 Å². The van der Waals surface area contributed by atoms with Crippen LogP contribution in [0.4, 0.5) is 0 Å². The maximum absolute atomic E-state index is 12.1. The van der Waals surface area contributed by atoms with Crippen molar-refractivity contribution in [2.24, 2.45) is 0 Å². The summed E-state index contributed by atoms with van der Waals surface area (Å²) in [5, 5.41) is 3.65. The minimum absolute atomic E-state index is 0.0858. The number of hydrogen-bond acceptors (Lipinski definition) is 3. The Balaban J connectivity index is 2.09. The highest BCUT2D eigenvalue weighted by atomic mass is 32.2. The minimum atomic E-state index is -3.30. The van der Waals surface area contributed by atoms with Gasteiger partial charge in [0.15, 0.2) is 0 Å². The third-order valence-electron chi connectivity index (χ3n) is 3.77. The van der Waals surface area contributed by atoms with Crippen LogP contribution in [0, 0.1) is 13.8 Å². The number of aryl methyl sites for hydroxylation is 2. The van der Waals surface area contributed by atoms with E-state index in [0.29, 0.717) is 5.56 Å². The smallest absolute Gasteiger partial charge is 0.251 e. The Morgan fingerprint density at radius 2 is 1.95 bits per heavy atom. The molecule has 0 saturated carbocycles. The van der Waals surface area contributed by atoms with Gasteiger partial charge in [0.1, 0.15) is 0 Å². The molecule has 1 heterocycles. The van der Waals surface area contributed by atoms with E-state index < -0.39 is 10.0 Å². The summed E-state index contributed by atoms with van der Waals surface area (Å²) < 4.78 is 24.4. The lowest BCUT2D eigenvalue weighted by Crippen LogP contribution is -2.33. The average molecular weight is 323 g/mol. The second kappa shape index (κ2) is 6.10. The summed E-state index contributed by atoms with van der Waals surface area (Å²) >= 11 is 0. The van der Waals surface area contributed by atoms with Crippen molar-refractivity contribution in [2.75, 3.05) is 26.4 Å². The van der Waals surface area contributed by atoms with E-state index in [1.54, 1.807) is 6.07 Å². The number of amides is 1. The van der Waals surface area contributed by atoms with Crippen LogP contribution in [0.5, 0.6) is 0 Å². The number of hydrogen-bond donors (Lipinski definition) is 2. The Hall–Kier alpha value is -1.86. The number of fused-ring (bicyclic) bond motifs is 1. The molecule has 2 N–H and O–H groups in total. The first-order valence-corrected chi connectivity index (χ1v) is 8.60. The van der Waals surface area contributed by atoms with Crippen LogP contribution < -0.4 is 5.32 Å². The van der Waals surface area contributed by atoms with Gasteiger partial charge in [0, 0.05) is 42.8 Å². The highest BCUT2D eigenvalue weighted by Gasteiger charge is 2.14. The molecule has 1 aromatic carbocycles. The maximum Gasteiger partial charge on any atom is 0.251 e. The van der Waals surface area contributed by atoms with Crippen molar-refractivity contribution in [3.8, 4) is 0 Å². The molecule has 0 atom stereocenters. The Labute approximate surface area is 130 Å². The fraction of sp³-hybridized carbons (Fsp3) is 0.400. The summed E-state index contributed by atoms with van der Waals surface area (Å²) in [6, 6.07) is 5.41. The molecule has 0 aliphatic carbocycles. The number of nitrogens with zero attached hydrogens (tertiary/aromatic N) is 1. The highest BCUT2D eigenvalue weighted by molar-refractivity contribution is 7.89. The molecule has 22 heavy (non-hydrogen) atoms. The lowest BCUT2D eigenvalue weighted by molar-refractivity contribution is 0.0956. The van der Waals surface area contributed by atoms with Crippen molar-refractivity contribution < 1.29 is 13.2 Å². The molecule has 0 aliphatic heterocycles. The van der Waals surface area contributed by atoms with E-state index >= 15 is 0 Å². The van der Waals surface area contributed by atoms with Gasteiger partial charge in [-0.1, -0.05) is 0 Å². The Kier molecular flexibility index (Phi) is 4.58. The second-order valence-corrected chi connectivity index (χ2v) is 7.79. The highest BCUT2D eigenvalue weighted by Crippen LogP contribution is 2.22. The lowest BCUT2D eigenvalue weighted by atomic mass is 10.1.